The van der Waals surface area contributed by atoms with Gasteiger partial charge < -0.3 is 4.57 Å². The maximum Gasteiger partial charge on any atom is 0.224 e. The fourth-order valence-electron chi connectivity index (χ4n) is 2.26. The van der Waals surface area contributed by atoms with Crippen molar-refractivity contribution in [2.45, 2.75) is 51.9 Å². The molecule has 0 N–H and O–H groups in total. The van der Waals surface area contributed by atoms with E-state index in [1.165, 1.54) is 0 Å². The van der Waals surface area contributed by atoms with Gasteiger partial charge in [0.25, 0.3) is 0 Å². The van der Waals surface area contributed by atoms with Gasteiger partial charge in [0.1, 0.15) is 0 Å². The normalized spacial score (nSPS) is 25.5. The predicted molar refractivity (Wildman–Crippen MR) is 76.3 cm³/mol. The first-order valence-corrected chi connectivity index (χ1v) is 9.11. The summed E-state index contributed by atoms with van der Waals surface area (Å²) < 4.78 is 2.10. The van der Waals surface area contributed by atoms with Crippen molar-refractivity contribution >= 4 is 14.1 Å². The van der Waals surface area contributed by atoms with Crippen molar-refractivity contribution in [3.63, 3.8) is 0 Å². The van der Waals surface area contributed by atoms with Crippen molar-refractivity contribution in [3.05, 3.63) is 24.8 Å². The van der Waals surface area contributed by atoms with Crippen molar-refractivity contribution in [1.82, 2.24) is 4.57 Å². The highest BCUT2D eigenvalue weighted by atomic mass is 28.3. The molecule has 0 spiro atoms. The summed E-state index contributed by atoms with van der Waals surface area (Å²) in [6, 6.07) is 0.154. The fraction of sp³-hybridized carbons (Fsp3) is 0.643. The molecule has 0 aromatic carbocycles. The van der Waals surface area contributed by atoms with E-state index in [1.807, 2.05) is 13.0 Å². The van der Waals surface area contributed by atoms with Crippen molar-refractivity contribution in [2.75, 3.05) is 0 Å². The van der Waals surface area contributed by atoms with Crippen LogP contribution in [0, 0.1) is 5.92 Å². The molecule has 3 heteroatoms. The van der Waals surface area contributed by atoms with Crippen molar-refractivity contribution in [3.8, 4) is 0 Å². The number of hydrogen-bond donors (Lipinski definition) is 0. The quantitative estimate of drug-likeness (QED) is 0.426. The largest absolute Gasteiger partial charge is 0.361 e. The summed E-state index contributed by atoms with van der Waals surface area (Å²) in [6.07, 6.45) is 1.90. The Labute approximate surface area is 106 Å². The van der Waals surface area contributed by atoms with Crippen LogP contribution in [0.4, 0.5) is 0 Å². The minimum Gasteiger partial charge on any atom is -0.361 e. The third-order valence-electron chi connectivity index (χ3n) is 4.35. The summed E-state index contributed by atoms with van der Waals surface area (Å²) in [7, 11) is -1.78. The lowest BCUT2D eigenvalue weighted by molar-refractivity contribution is -0.143. The number of amides is 1. The molecule has 2 atom stereocenters. The summed E-state index contributed by atoms with van der Waals surface area (Å²) in [5.74, 6) is 0.204. The summed E-state index contributed by atoms with van der Waals surface area (Å²) >= 11 is 0. The summed E-state index contributed by atoms with van der Waals surface area (Å²) in [5, 5.41) is 0.171. The Hall–Kier alpha value is -0.833. The molecule has 1 aliphatic heterocycles. The van der Waals surface area contributed by atoms with Crippen LogP contribution in [0.15, 0.2) is 24.8 Å². The molecule has 0 unspecified atom stereocenters. The first kappa shape index (κ1) is 14.2. The fourth-order valence-corrected chi connectivity index (χ4v) is 4.68. The van der Waals surface area contributed by atoms with Crippen molar-refractivity contribution in [2.24, 2.45) is 5.92 Å². The van der Waals surface area contributed by atoms with Crippen LogP contribution in [-0.2, 0) is 4.79 Å². The molecule has 0 aromatic rings. The zero-order chi connectivity index (χ0) is 13.6. The van der Waals surface area contributed by atoms with Gasteiger partial charge in [-0.2, -0.15) is 0 Å². The highest BCUT2D eigenvalue weighted by Crippen LogP contribution is 2.46. The Bertz CT molecular complexity index is 365. The topological polar surface area (TPSA) is 20.3 Å². The lowest BCUT2D eigenvalue weighted by atomic mass is 9.85. The van der Waals surface area contributed by atoms with Gasteiger partial charge in [0.05, 0.1) is 12.0 Å². The number of nitrogens with zero attached hydrogens (tertiary/aromatic N) is 1. The molecule has 1 fully saturated rings. The second-order valence-corrected chi connectivity index (χ2v) is 11.7. The minimum atomic E-state index is -1.78. The van der Waals surface area contributed by atoms with Crippen LogP contribution >= 0.6 is 0 Å². The SMILES string of the molecule is C=C[C@H]1[C@@H](C(=C)C)C(=O)N1[Si](C)(C)C(C)(C)C. The van der Waals surface area contributed by atoms with Gasteiger partial charge in [-0.3, -0.25) is 4.79 Å². The Balaban J connectivity index is 3.06. The molecular formula is C14H25NOSi. The smallest absolute Gasteiger partial charge is 0.224 e. The van der Waals surface area contributed by atoms with Crippen LogP contribution in [0.3, 0.4) is 0 Å². The van der Waals surface area contributed by atoms with Crippen LogP contribution < -0.4 is 0 Å². The van der Waals surface area contributed by atoms with Crippen LogP contribution in [0.1, 0.15) is 27.7 Å². The van der Waals surface area contributed by atoms with Gasteiger partial charge in [0.2, 0.25) is 5.91 Å². The van der Waals surface area contributed by atoms with Gasteiger partial charge in [-0.1, -0.05) is 52.1 Å². The third-order valence-corrected chi connectivity index (χ3v) is 9.75. The molecule has 1 heterocycles. The number of rotatable bonds is 3. The van der Waals surface area contributed by atoms with E-state index in [4.69, 9.17) is 0 Å². The molecule has 0 aliphatic carbocycles. The molecule has 1 aliphatic rings. The van der Waals surface area contributed by atoms with Crippen molar-refractivity contribution < 1.29 is 4.79 Å². The Morgan fingerprint density at radius 1 is 1.41 bits per heavy atom. The molecule has 0 bridgehead atoms. The van der Waals surface area contributed by atoms with Crippen LogP contribution in [0.25, 0.3) is 0 Å². The molecule has 0 radical (unpaired) electrons. The number of carbonyl (C=O) groups excluding carboxylic acids is 1. The molecule has 1 rings (SSSR count). The highest BCUT2D eigenvalue weighted by molar-refractivity contribution is 6.80. The lowest BCUT2D eigenvalue weighted by Gasteiger charge is -2.58. The van der Waals surface area contributed by atoms with E-state index in [0.717, 1.165) is 5.57 Å². The first-order chi connectivity index (χ1) is 7.55. The van der Waals surface area contributed by atoms with Gasteiger partial charge in [-0.15, -0.1) is 6.58 Å². The van der Waals surface area contributed by atoms with Crippen LogP contribution in [0.2, 0.25) is 18.1 Å². The van der Waals surface area contributed by atoms with Gasteiger partial charge in [-0.05, 0) is 12.0 Å². The van der Waals surface area contributed by atoms with Gasteiger partial charge in [-0.25, -0.2) is 0 Å². The van der Waals surface area contributed by atoms with E-state index >= 15 is 0 Å². The molecular weight excluding hydrogens is 226 g/mol. The van der Waals surface area contributed by atoms with E-state index in [0.29, 0.717) is 0 Å². The molecule has 0 saturated carbocycles. The molecule has 96 valence electrons. The maximum atomic E-state index is 12.3. The lowest BCUT2D eigenvalue weighted by Crippen LogP contribution is -2.72. The van der Waals surface area contributed by atoms with E-state index in [-0.39, 0.29) is 22.9 Å². The summed E-state index contributed by atoms with van der Waals surface area (Å²) in [6.45, 7) is 20.9. The zero-order valence-electron chi connectivity index (χ0n) is 12.0. The summed E-state index contributed by atoms with van der Waals surface area (Å²) in [5.41, 5.74) is 0.954. The Morgan fingerprint density at radius 2 is 1.88 bits per heavy atom. The minimum absolute atomic E-state index is 0.0402. The zero-order valence-corrected chi connectivity index (χ0v) is 13.0. The third kappa shape index (κ3) is 2.01. The molecule has 1 amide bonds. The number of β-lactam (4-membered cyclic amide) rings is 1. The Morgan fingerprint density at radius 3 is 2.18 bits per heavy atom. The standard InChI is InChI=1S/C14H25NOSi/c1-9-11-12(10(2)3)13(16)15(11)17(7,8)14(4,5)6/h9,11-12H,1-2H2,3-8H3/t11-,12+/m0/s1. The van der Waals surface area contributed by atoms with E-state index < -0.39 is 8.24 Å². The van der Waals surface area contributed by atoms with Gasteiger partial charge in [0.15, 0.2) is 8.24 Å². The highest BCUT2D eigenvalue weighted by Gasteiger charge is 2.56. The number of hydrogen-bond acceptors (Lipinski definition) is 1. The second kappa shape index (κ2) is 4.12. The summed E-state index contributed by atoms with van der Waals surface area (Å²) in [4.78, 5) is 12.3. The van der Waals surface area contributed by atoms with Gasteiger partial charge >= 0.3 is 0 Å². The van der Waals surface area contributed by atoms with Gasteiger partial charge in [0, 0.05) is 0 Å². The van der Waals surface area contributed by atoms with E-state index in [1.54, 1.807) is 0 Å². The van der Waals surface area contributed by atoms with Crippen molar-refractivity contribution in [1.29, 1.82) is 0 Å². The Kier molecular flexibility index (Phi) is 3.45. The molecule has 0 aromatic heterocycles. The van der Waals surface area contributed by atoms with E-state index in [2.05, 4.69) is 51.6 Å². The maximum absolute atomic E-state index is 12.3. The average molecular weight is 251 g/mol. The average Bonchev–Trinajstić information content (AvgIpc) is 2.10. The second-order valence-electron chi connectivity index (χ2n) is 6.57. The number of carbonyl (C=O) groups is 1. The molecule has 2 nitrogen and oxygen atoms in total. The van der Waals surface area contributed by atoms with E-state index in [9.17, 15) is 4.79 Å². The first-order valence-electron chi connectivity index (χ1n) is 6.17. The van der Waals surface area contributed by atoms with Crippen LogP contribution in [0.5, 0.6) is 0 Å². The molecule has 1 saturated heterocycles. The monoisotopic (exact) mass is 251 g/mol. The van der Waals surface area contributed by atoms with Crippen LogP contribution in [-0.4, -0.2) is 24.7 Å². The molecule has 17 heavy (non-hydrogen) atoms. The predicted octanol–water partition coefficient (Wildman–Crippen LogP) is 3.58.